The summed E-state index contributed by atoms with van der Waals surface area (Å²) in [5, 5.41) is 7.03. The maximum atomic E-state index is 12.4. The van der Waals surface area contributed by atoms with E-state index in [1.807, 2.05) is 26.1 Å². The highest BCUT2D eigenvalue weighted by atomic mass is 16.5. The third-order valence-electron chi connectivity index (χ3n) is 2.98. The molecule has 6 heteroatoms. The van der Waals surface area contributed by atoms with Gasteiger partial charge in [0.1, 0.15) is 11.3 Å². The summed E-state index contributed by atoms with van der Waals surface area (Å²) in [5.41, 5.74) is 6.69. The number of nitrogens with zero attached hydrogens (tertiary/aromatic N) is 2. The van der Waals surface area contributed by atoms with Gasteiger partial charge < -0.3 is 15.8 Å². The van der Waals surface area contributed by atoms with Gasteiger partial charge in [-0.2, -0.15) is 5.10 Å². The van der Waals surface area contributed by atoms with Crippen LogP contribution in [-0.2, 0) is 6.54 Å². The van der Waals surface area contributed by atoms with Crippen LogP contribution in [0.15, 0.2) is 36.7 Å². The summed E-state index contributed by atoms with van der Waals surface area (Å²) in [6.07, 6.45) is 3.56. The smallest absolute Gasteiger partial charge is 0.257 e. The quantitative estimate of drug-likeness (QED) is 0.792. The van der Waals surface area contributed by atoms with E-state index in [-0.39, 0.29) is 11.9 Å². The van der Waals surface area contributed by atoms with Gasteiger partial charge in [-0.25, -0.2) is 0 Å². The lowest BCUT2D eigenvalue weighted by Crippen LogP contribution is -2.36. The first-order valence-corrected chi connectivity index (χ1v) is 6.91. The van der Waals surface area contributed by atoms with Crippen molar-refractivity contribution < 1.29 is 9.53 Å². The van der Waals surface area contributed by atoms with Crippen molar-refractivity contribution in [3.05, 3.63) is 42.2 Å². The van der Waals surface area contributed by atoms with Crippen molar-refractivity contribution in [1.82, 2.24) is 15.1 Å². The molecule has 2 rings (SSSR count). The highest BCUT2D eigenvalue weighted by Crippen LogP contribution is 2.24. The summed E-state index contributed by atoms with van der Waals surface area (Å²) >= 11 is 0. The number of anilines is 1. The second-order valence-corrected chi connectivity index (χ2v) is 4.76. The molecule has 0 bridgehead atoms. The number of ether oxygens (including phenoxy) is 1. The molecular weight excluding hydrogens is 268 g/mol. The Morgan fingerprint density at radius 1 is 1.48 bits per heavy atom. The number of carbonyl (C=O) groups excluding carboxylic acids is 1. The first-order chi connectivity index (χ1) is 10.1. The molecule has 1 aromatic heterocycles. The van der Waals surface area contributed by atoms with Crippen molar-refractivity contribution in [2.75, 3.05) is 12.3 Å². The van der Waals surface area contributed by atoms with Crippen LogP contribution in [0.5, 0.6) is 5.75 Å². The normalized spacial score (nSPS) is 11.9. The third kappa shape index (κ3) is 3.75. The Bertz CT molecular complexity index is 596. The number of hydrogen-bond donors (Lipinski definition) is 2. The van der Waals surface area contributed by atoms with Crippen LogP contribution in [0.2, 0.25) is 0 Å². The molecule has 1 aromatic carbocycles. The Hall–Kier alpha value is -2.50. The molecule has 0 saturated heterocycles. The van der Waals surface area contributed by atoms with Crippen LogP contribution in [-0.4, -0.2) is 28.3 Å². The minimum Gasteiger partial charge on any atom is -0.493 e. The summed E-state index contributed by atoms with van der Waals surface area (Å²) < 4.78 is 7.23. The van der Waals surface area contributed by atoms with Crippen LogP contribution >= 0.6 is 0 Å². The number of nitrogen functional groups attached to an aromatic ring is 1. The van der Waals surface area contributed by atoms with E-state index < -0.39 is 0 Å². The summed E-state index contributed by atoms with van der Waals surface area (Å²) in [5.74, 6) is 0.262. The first-order valence-electron chi connectivity index (χ1n) is 6.91. The van der Waals surface area contributed by atoms with Gasteiger partial charge in [-0.15, -0.1) is 0 Å². The molecule has 1 heterocycles. The van der Waals surface area contributed by atoms with Crippen molar-refractivity contribution in [3.8, 4) is 5.75 Å². The number of aromatic nitrogens is 2. The molecule has 0 spiro atoms. The van der Waals surface area contributed by atoms with Crippen molar-refractivity contribution in [1.29, 1.82) is 0 Å². The van der Waals surface area contributed by atoms with Crippen LogP contribution in [0, 0.1) is 0 Å². The molecule has 0 fully saturated rings. The fraction of sp³-hybridized carbons (Fsp3) is 0.333. The molecule has 0 aliphatic rings. The molecule has 112 valence electrons. The average molecular weight is 288 g/mol. The van der Waals surface area contributed by atoms with Gasteiger partial charge in [-0.3, -0.25) is 9.48 Å². The largest absolute Gasteiger partial charge is 0.493 e. The van der Waals surface area contributed by atoms with Gasteiger partial charge in [0.2, 0.25) is 0 Å². The average Bonchev–Trinajstić information content (AvgIpc) is 2.91. The van der Waals surface area contributed by atoms with E-state index in [0.717, 1.165) is 0 Å². The van der Waals surface area contributed by atoms with E-state index in [2.05, 4.69) is 10.4 Å². The van der Waals surface area contributed by atoms with E-state index in [4.69, 9.17) is 10.5 Å². The molecular formula is C15H20N4O2. The van der Waals surface area contributed by atoms with Gasteiger partial charge in [0.25, 0.3) is 5.91 Å². The lowest BCUT2D eigenvalue weighted by Gasteiger charge is -2.17. The Balaban J connectivity index is 2.09. The molecule has 1 amide bonds. The Kier molecular flexibility index (Phi) is 4.81. The first kappa shape index (κ1) is 14.9. The monoisotopic (exact) mass is 288 g/mol. The predicted molar refractivity (Wildman–Crippen MR) is 81.2 cm³/mol. The van der Waals surface area contributed by atoms with E-state index in [0.29, 0.717) is 30.2 Å². The second kappa shape index (κ2) is 6.78. The number of nitrogens with one attached hydrogen (secondary N) is 1. The Morgan fingerprint density at radius 3 is 2.95 bits per heavy atom. The van der Waals surface area contributed by atoms with Crippen LogP contribution in [0.1, 0.15) is 24.2 Å². The standard InChI is InChI=1S/C15H20N4O2/c1-3-21-13-7-4-6-12(16)14(13)15(20)18-11(2)10-19-9-5-8-17-19/h4-9,11H,3,10,16H2,1-2H3,(H,18,20). The summed E-state index contributed by atoms with van der Waals surface area (Å²) in [6, 6.07) is 6.97. The van der Waals surface area contributed by atoms with Crippen LogP contribution < -0.4 is 15.8 Å². The van der Waals surface area contributed by atoms with Crippen molar-refractivity contribution in [3.63, 3.8) is 0 Å². The molecule has 6 nitrogen and oxygen atoms in total. The molecule has 2 aromatic rings. The highest BCUT2D eigenvalue weighted by Gasteiger charge is 2.18. The minimum absolute atomic E-state index is 0.0773. The molecule has 0 radical (unpaired) electrons. The van der Waals surface area contributed by atoms with Gasteiger partial charge in [-0.1, -0.05) is 6.07 Å². The van der Waals surface area contributed by atoms with Crippen molar-refractivity contribution in [2.24, 2.45) is 0 Å². The van der Waals surface area contributed by atoms with Gasteiger partial charge in [0.15, 0.2) is 0 Å². The van der Waals surface area contributed by atoms with Gasteiger partial charge in [-0.05, 0) is 32.0 Å². The number of nitrogens with two attached hydrogens (primary N) is 1. The Labute approximate surface area is 123 Å². The van der Waals surface area contributed by atoms with E-state index >= 15 is 0 Å². The van der Waals surface area contributed by atoms with Crippen molar-refractivity contribution in [2.45, 2.75) is 26.4 Å². The molecule has 0 aliphatic heterocycles. The SMILES string of the molecule is CCOc1cccc(N)c1C(=O)NC(C)Cn1cccn1. The number of carbonyl (C=O) groups is 1. The number of benzene rings is 1. The molecule has 0 saturated carbocycles. The predicted octanol–water partition coefficient (Wildman–Crippen LogP) is 1.68. The van der Waals surface area contributed by atoms with Gasteiger partial charge in [0.05, 0.1) is 13.2 Å². The lowest BCUT2D eigenvalue weighted by atomic mass is 10.1. The number of amides is 1. The zero-order valence-electron chi connectivity index (χ0n) is 12.2. The fourth-order valence-electron chi connectivity index (χ4n) is 2.10. The highest BCUT2D eigenvalue weighted by molar-refractivity contribution is 6.02. The van der Waals surface area contributed by atoms with Crippen LogP contribution in [0.25, 0.3) is 0 Å². The molecule has 1 atom stereocenters. The summed E-state index contributed by atoms with van der Waals surface area (Å²) in [4.78, 5) is 12.4. The van der Waals surface area contributed by atoms with E-state index in [1.165, 1.54) is 0 Å². The minimum atomic E-state index is -0.240. The van der Waals surface area contributed by atoms with Gasteiger partial charge >= 0.3 is 0 Å². The third-order valence-corrected chi connectivity index (χ3v) is 2.98. The molecule has 21 heavy (non-hydrogen) atoms. The lowest BCUT2D eigenvalue weighted by molar-refractivity contribution is 0.0933. The van der Waals surface area contributed by atoms with E-state index in [1.54, 1.807) is 29.1 Å². The number of hydrogen-bond acceptors (Lipinski definition) is 4. The maximum absolute atomic E-state index is 12.4. The molecule has 1 unspecified atom stereocenters. The van der Waals surface area contributed by atoms with Crippen molar-refractivity contribution >= 4 is 11.6 Å². The van der Waals surface area contributed by atoms with Crippen LogP contribution in [0.3, 0.4) is 0 Å². The summed E-state index contributed by atoms with van der Waals surface area (Å²) in [6.45, 7) is 4.85. The zero-order chi connectivity index (χ0) is 15.2. The van der Waals surface area contributed by atoms with Gasteiger partial charge in [0, 0.05) is 24.1 Å². The Morgan fingerprint density at radius 2 is 2.29 bits per heavy atom. The topological polar surface area (TPSA) is 82.2 Å². The summed E-state index contributed by atoms with van der Waals surface area (Å²) in [7, 11) is 0. The van der Waals surface area contributed by atoms with E-state index in [9.17, 15) is 4.79 Å². The molecule has 0 aliphatic carbocycles. The number of rotatable bonds is 6. The van der Waals surface area contributed by atoms with Crippen LogP contribution in [0.4, 0.5) is 5.69 Å². The zero-order valence-corrected chi connectivity index (χ0v) is 12.2. The maximum Gasteiger partial charge on any atom is 0.257 e. The second-order valence-electron chi connectivity index (χ2n) is 4.76. The fourth-order valence-corrected chi connectivity index (χ4v) is 2.10. The molecule has 3 N–H and O–H groups in total.